The number of carboxylic acid groups (broad SMARTS) is 1. The van der Waals surface area contributed by atoms with Crippen LogP contribution in [-0.2, 0) is 30.5 Å². The van der Waals surface area contributed by atoms with Crippen molar-refractivity contribution in [3.63, 3.8) is 0 Å². The Kier molecular flexibility index (Phi) is 14.2. The SMILES string of the molecule is CC(C)(C)[C@H](c1cc(-c2cc(F)ccc2F)cn1Cc1ccccc1)N(CC[C@H](N)C(=O)NCCN1C(=O)C=CC1=O)C(=O)CO.O=C(O)C(F)(F)F. The lowest BCUT2D eigenvalue weighted by atomic mass is 9.82. The van der Waals surface area contributed by atoms with Crippen molar-refractivity contribution in [1.82, 2.24) is 19.7 Å². The maximum atomic E-state index is 14.9. The second-order valence-electron chi connectivity index (χ2n) is 13.1. The molecule has 2 heterocycles. The molecule has 0 unspecified atom stereocenters. The molecule has 0 saturated heterocycles. The zero-order chi connectivity index (χ0) is 39.7. The largest absolute Gasteiger partial charge is 0.490 e. The predicted molar refractivity (Wildman–Crippen MR) is 181 cm³/mol. The Morgan fingerprint density at radius 2 is 1.57 bits per heavy atom. The van der Waals surface area contributed by atoms with Crippen molar-refractivity contribution < 1.29 is 56.1 Å². The molecule has 5 N–H and O–H groups in total. The van der Waals surface area contributed by atoms with Gasteiger partial charge >= 0.3 is 12.1 Å². The van der Waals surface area contributed by atoms with E-state index in [0.717, 1.165) is 40.8 Å². The van der Waals surface area contributed by atoms with E-state index in [1.807, 2.05) is 55.7 Å². The van der Waals surface area contributed by atoms with Gasteiger partial charge in [-0.25, -0.2) is 13.6 Å². The smallest absolute Gasteiger partial charge is 0.475 e. The normalized spacial score (nSPS) is 14.0. The van der Waals surface area contributed by atoms with Gasteiger partial charge in [-0.2, -0.15) is 13.2 Å². The minimum atomic E-state index is -5.08. The quantitative estimate of drug-likeness (QED) is 0.151. The first-order valence-corrected chi connectivity index (χ1v) is 16.2. The molecule has 0 saturated carbocycles. The molecule has 0 radical (unpaired) electrons. The molecule has 0 aliphatic carbocycles. The third kappa shape index (κ3) is 11.5. The highest BCUT2D eigenvalue weighted by molar-refractivity contribution is 6.12. The lowest BCUT2D eigenvalue weighted by Gasteiger charge is -2.41. The molecule has 12 nitrogen and oxygen atoms in total. The average molecular weight is 750 g/mol. The summed E-state index contributed by atoms with van der Waals surface area (Å²) in [7, 11) is 0. The van der Waals surface area contributed by atoms with E-state index in [1.54, 1.807) is 12.3 Å². The van der Waals surface area contributed by atoms with Crippen LogP contribution in [0, 0.1) is 17.0 Å². The van der Waals surface area contributed by atoms with Crippen molar-refractivity contribution >= 4 is 29.6 Å². The van der Waals surface area contributed by atoms with Gasteiger partial charge in [-0.05, 0) is 41.7 Å². The number of aromatic nitrogens is 1. The number of halogens is 5. The van der Waals surface area contributed by atoms with E-state index in [9.17, 15) is 46.2 Å². The standard InChI is InChI=1S/C34H39F2N5O5.C2HF3O2/c1-34(2,3)32(41(31(45)21-42)15-13-27(37)33(46)38-14-16-40-29(43)11-12-30(40)44)28-17-23(25-18-24(35)9-10-26(25)36)20-39(28)19-22-7-5-4-6-8-22;3-2(4,5)1(6)7/h4-12,17-18,20,27,32,42H,13-16,19,21,37H2,1-3H3,(H,38,46);(H,6,7)/t27-,32-;/m0./s1. The predicted octanol–water partition coefficient (Wildman–Crippen LogP) is 3.78. The summed E-state index contributed by atoms with van der Waals surface area (Å²) in [6.07, 6.45) is -1.03. The van der Waals surface area contributed by atoms with Crippen LogP contribution in [-0.4, -0.2) is 92.6 Å². The molecule has 53 heavy (non-hydrogen) atoms. The van der Waals surface area contributed by atoms with E-state index in [2.05, 4.69) is 5.32 Å². The second kappa shape index (κ2) is 17.9. The zero-order valence-electron chi connectivity index (χ0n) is 29.1. The number of carbonyl (C=O) groups is 5. The highest BCUT2D eigenvalue weighted by atomic mass is 19.4. The van der Waals surface area contributed by atoms with Crippen LogP contribution in [0.25, 0.3) is 11.1 Å². The van der Waals surface area contributed by atoms with E-state index in [-0.39, 0.29) is 31.6 Å². The number of carboxylic acids is 1. The Morgan fingerprint density at radius 1 is 0.962 bits per heavy atom. The molecule has 17 heteroatoms. The Bertz CT molecular complexity index is 1800. The number of carbonyl (C=O) groups excluding carboxylic acids is 4. The number of nitrogens with one attached hydrogen (secondary N) is 1. The van der Waals surface area contributed by atoms with Gasteiger partial charge in [0.2, 0.25) is 11.8 Å². The monoisotopic (exact) mass is 749 g/mol. The summed E-state index contributed by atoms with van der Waals surface area (Å²) in [6, 6.07) is 12.7. The first-order valence-electron chi connectivity index (χ1n) is 16.2. The summed E-state index contributed by atoms with van der Waals surface area (Å²) in [6.45, 7) is 5.29. The topological polar surface area (TPSA) is 175 Å². The molecule has 0 bridgehead atoms. The number of hydrogen-bond acceptors (Lipinski definition) is 7. The minimum absolute atomic E-state index is 0.00200. The van der Waals surface area contributed by atoms with Gasteiger partial charge in [0.15, 0.2) is 0 Å². The molecular weight excluding hydrogens is 709 g/mol. The van der Waals surface area contributed by atoms with Gasteiger partial charge in [0.25, 0.3) is 11.8 Å². The van der Waals surface area contributed by atoms with Crippen molar-refractivity contribution in [1.29, 1.82) is 0 Å². The van der Waals surface area contributed by atoms with Gasteiger partial charge in [-0.1, -0.05) is 51.1 Å². The molecule has 4 rings (SSSR count). The Balaban J connectivity index is 0.000000980. The van der Waals surface area contributed by atoms with Crippen LogP contribution in [0.15, 0.2) is 72.9 Å². The van der Waals surface area contributed by atoms with E-state index in [1.165, 1.54) is 4.90 Å². The minimum Gasteiger partial charge on any atom is -0.475 e. The molecular formula is C36H40F5N5O7. The van der Waals surface area contributed by atoms with Crippen molar-refractivity contribution in [2.45, 2.75) is 52.0 Å². The number of amides is 4. The number of nitrogens with zero attached hydrogens (tertiary/aromatic N) is 3. The number of aliphatic carboxylic acids is 1. The van der Waals surface area contributed by atoms with Crippen molar-refractivity contribution in [3.05, 3.63) is 95.8 Å². The maximum Gasteiger partial charge on any atom is 0.490 e. The maximum absolute atomic E-state index is 14.9. The lowest BCUT2D eigenvalue weighted by molar-refractivity contribution is -0.192. The van der Waals surface area contributed by atoms with Gasteiger partial charge < -0.3 is 30.7 Å². The Labute approximate surface area is 301 Å². The van der Waals surface area contributed by atoms with Crippen molar-refractivity contribution in [2.75, 3.05) is 26.2 Å². The Morgan fingerprint density at radius 3 is 2.11 bits per heavy atom. The van der Waals surface area contributed by atoms with Crippen LogP contribution < -0.4 is 11.1 Å². The van der Waals surface area contributed by atoms with Crippen LogP contribution in [0.2, 0.25) is 0 Å². The van der Waals surface area contributed by atoms with Gasteiger partial charge in [0.1, 0.15) is 18.2 Å². The summed E-state index contributed by atoms with van der Waals surface area (Å²) < 4.78 is 62.8. The van der Waals surface area contributed by atoms with E-state index in [0.29, 0.717) is 17.8 Å². The van der Waals surface area contributed by atoms with Crippen LogP contribution in [0.4, 0.5) is 22.0 Å². The molecule has 1 aliphatic rings. The Hall–Kier alpha value is -5.42. The molecule has 0 spiro atoms. The summed E-state index contributed by atoms with van der Waals surface area (Å²) in [5, 5.41) is 19.7. The molecule has 286 valence electrons. The van der Waals surface area contributed by atoms with Crippen LogP contribution in [0.1, 0.15) is 44.5 Å². The number of nitrogens with two attached hydrogens (primary N) is 1. The highest BCUT2D eigenvalue weighted by Crippen LogP contribution is 2.41. The zero-order valence-corrected chi connectivity index (χ0v) is 29.1. The number of imide groups is 1. The molecule has 1 aliphatic heterocycles. The van der Waals surface area contributed by atoms with E-state index >= 15 is 0 Å². The molecule has 2 aromatic carbocycles. The number of hydrogen-bond donors (Lipinski definition) is 4. The van der Waals surface area contributed by atoms with Gasteiger partial charge in [0, 0.05) is 61.3 Å². The molecule has 2 atom stereocenters. The number of benzene rings is 2. The fourth-order valence-electron chi connectivity index (χ4n) is 5.58. The fourth-order valence-corrected chi connectivity index (χ4v) is 5.58. The van der Waals surface area contributed by atoms with Crippen LogP contribution in [0.5, 0.6) is 0 Å². The summed E-state index contributed by atoms with van der Waals surface area (Å²) in [5.41, 5.74) is 7.58. The number of rotatable bonds is 13. The van der Waals surface area contributed by atoms with Gasteiger partial charge in [0.05, 0.1) is 12.1 Å². The summed E-state index contributed by atoms with van der Waals surface area (Å²) in [4.78, 5) is 61.0. The van der Waals surface area contributed by atoms with E-state index in [4.69, 9.17) is 15.6 Å². The summed E-state index contributed by atoms with van der Waals surface area (Å²) in [5.74, 6) is -6.02. The lowest BCUT2D eigenvalue weighted by Crippen LogP contribution is -2.48. The number of aliphatic hydroxyl groups is 1. The van der Waals surface area contributed by atoms with Crippen LogP contribution >= 0.6 is 0 Å². The van der Waals surface area contributed by atoms with Gasteiger partial charge in [-0.3, -0.25) is 24.1 Å². The third-order valence-electron chi connectivity index (χ3n) is 8.03. The highest BCUT2D eigenvalue weighted by Gasteiger charge is 2.39. The van der Waals surface area contributed by atoms with Crippen molar-refractivity contribution in [3.8, 4) is 11.1 Å². The second-order valence-corrected chi connectivity index (χ2v) is 13.1. The third-order valence-corrected chi connectivity index (χ3v) is 8.03. The molecule has 1 aromatic heterocycles. The number of aliphatic hydroxyl groups excluding tert-OH is 1. The van der Waals surface area contributed by atoms with Crippen molar-refractivity contribution in [2.24, 2.45) is 11.1 Å². The average Bonchev–Trinajstić information content (AvgIpc) is 3.64. The molecule has 4 amide bonds. The first-order chi connectivity index (χ1) is 24.7. The summed E-state index contributed by atoms with van der Waals surface area (Å²) >= 11 is 0. The van der Waals surface area contributed by atoms with Gasteiger partial charge in [-0.15, -0.1) is 0 Å². The van der Waals surface area contributed by atoms with Crippen LogP contribution in [0.3, 0.4) is 0 Å². The molecule has 3 aromatic rings. The van der Waals surface area contributed by atoms with E-state index < -0.39 is 71.5 Å². The fraction of sp³-hybridized carbons (Fsp3) is 0.361. The number of alkyl halides is 3. The first kappa shape index (κ1) is 42.0. The molecule has 0 fully saturated rings.